The van der Waals surface area contributed by atoms with Gasteiger partial charge in [-0.2, -0.15) is 0 Å². The molecule has 23 heavy (non-hydrogen) atoms. The Morgan fingerprint density at radius 3 is 2.17 bits per heavy atom. The van der Waals surface area contributed by atoms with Crippen LogP contribution in [0.15, 0.2) is 24.3 Å². The summed E-state index contributed by atoms with van der Waals surface area (Å²) in [6, 6.07) is 6.51. The minimum atomic E-state index is -0.755. The van der Waals surface area contributed by atoms with E-state index in [1.165, 1.54) is 7.11 Å². The maximum absolute atomic E-state index is 12.1. The van der Waals surface area contributed by atoms with E-state index in [0.717, 1.165) is 5.56 Å². The average molecular weight is 320 g/mol. The lowest BCUT2D eigenvalue weighted by atomic mass is 9.86. The fourth-order valence-electron chi connectivity index (χ4n) is 1.85. The highest BCUT2D eigenvalue weighted by molar-refractivity contribution is 5.97. The van der Waals surface area contributed by atoms with Crippen molar-refractivity contribution >= 4 is 17.8 Å². The Morgan fingerprint density at radius 1 is 1.13 bits per heavy atom. The lowest BCUT2D eigenvalue weighted by molar-refractivity contribution is -0.141. The van der Waals surface area contributed by atoms with Crippen molar-refractivity contribution in [3.8, 4) is 0 Å². The van der Waals surface area contributed by atoms with Gasteiger partial charge in [0.15, 0.2) is 0 Å². The van der Waals surface area contributed by atoms with Gasteiger partial charge in [0.25, 0.3) is 5.91 Å². The summed E-state index contributed by atoms with van der Waals surface area (Å²) in [4.78, 5) is 34.9. The van der Waals surface area contributed by atoms with Crippen molar-refractivity contribution in [1.82, 2.24) is 10.6 Å². The molecule has 0 heterocycles. The smallest absolute Gasteiger partial charge is 0.325 e. The molecule has 1 aromatic carbocycles. The van der Waals surface area contributed by atoms with Crippen molar-refractivity contribution in [3.05, 3.63) is 35.4 Å². The van der Waals surface area contributed by atoms with Gasteiger partial charge in [0.05, 0.1) is 7.11 Å². The first-order chi connectivity index (χ1) is 10.6. The highest BCUT2D eigenvalue weighted by atomic mass is 16.5. The van der Waals surface area contributed by atoms with Gasteiger partial charge in [0.2, 0.25) is 5.91 Å². The number of benzene rings is 1. The molecule has 0 radical (unpaired) electrons. The van der Waals surface area contributed by atoms with Gasteiger partial charge >= 0.3 is 5.97 Å². The number of carbonyl (C=O) groups is 3. The maximum atomic E-state index is 12.1. The van der Waals surface area contributed by atoms with Crippen LogP contribution in [0.25, 0.3) is 0 Å². The molecule has 2 amide bonds. The van der Waals surface area contributed by atoms with E-state index in [1.807, 2.05) is 12.1 Å². The van der Waals surface area contributed by atoms with Crippen molar-refractivity contribution in [1.29, 1.82) is 0 Å². The molecule has 1 aromatic rings. The number of rotatable bonds is 5. The minimum Gasteiger partial charge on any atom is -0.468 e. The molecular weight excluding hydrogens is 296 g/mol. The number of carbonyl (C=O) groups excluding carboxylic acids is 3. The predicted molar refractivity (Wildman–Crippen MR) is 87.1 cm³/mol. The van der Waals surface area contributed by atoms with Gasteiger partial charge < -0.3 is 15.4 Å². The summed E-state index contributed by atoms with van der Waals surface area (Å²) < 4.78 is 4.43. The van der Waals surface area contributed by atoms with Crippen LogP contribution in [0.4, 0.5) is 0 Å². The maximum Gasteiger partial charge on any atom is 0.325 e. The fraction of sp³-hybridized carbons (Fsp3) is 0.471. The fourth-order valence-corrected chi connectivity index (χ4v) is 1.85. The summed E-state index contributed by atoms with van der Waals surface area (Å²) in [5.74, 6) is -1.34. The van der Waals surface area contributed by atoms with Crippen LogP contribution < -0.4 is 10.6 Å². The van der Waals surface area contributed by atoms with Crippen molar-refractivity contribution < 1.29 is 19.1 Å². The van der Waals surface area contributed by atoms with Crippen LogP contribution >= 0.6 is 0 Å². The van der Waals surface area contributed by atoms with Crippen molar-refractivity contribution in [2.45, 2.75) is 39.2 Å². The standard InChI is InChI=1S/C17H24N2O4/c1-11(15(21)18-10-14(20)23-5)19-16(22)12-6-8-13(9-7-12)17(2,3)4/h6-9,11H,10H2,1-5H3,(H,18,21)(H,19,22). The van der Waals surface area contributed by atoms with Gasteiger partial charge in [-0.3, -0.25) is 14.4 Å². The Kier molecular flexibility index (Phi) is 6.30. The highest BCUT2D eigenvalue weighted by Gasteiger charge is 2.18. The molecule has 0 saturated carbocycles. The third kappa shape index (κ3) is 5.73. The van der Waals surface area contributed by atoms with Crippen molar-refractivity contribution in [3.63, 3.8) is 0 Å². The van der Waals surface area contributed by atoms with Gasteiger partial charge in [-0.1, -0.05) is 32.9 Å². The molecule has 0 fully saturated rings. The Bertz CT molecular complexity index is 573. The topological polar surface area (TPSA) is 84.5 Å². The Balaban J connectivity index is 2.61. The normalized spacial score (nSPS) is 12.2. The summed E-state index contributed by atoms with van der Waals surface area (Å²) in [6.07, 6.45) is 0. The lowest BCUT2D eigenvalue weighted by Crippen LogP contribution is -2.46. The molecular formula is C17H24N2O4. The molecule has 0 aliphatic carbocycles. The molecule has 2 N–H and O–H groups in total. The van der Waals surface area contributed by atoms with Crippen LogP contribution in [0.2, 0.25) is 0 Å². The Hall–Kier alpha value is -2.37. The summed E-state index contributed by atoms with van der Waals surface area (Å²) >= 11 is 0. The van der Waals surface area contributed by atoms with E-state index in [4.69, 9.17) is 0 Å². The van der Waals surface area contributed by atoms with Gasteiger partial charge in [-0.25, -0.2) is 0 Å². The first kappa shape index (κ1) is 18.7. The summed E-state index contributed by atoms with van der Waals surface area (Å²) in [6.45, 7) is 7.60. The van der Waals surface area contributed by atoms with Crippen LogP contribution in [-0.4, -0.2) is 37.5 Å². The summed E-state index contributed by atoms with van der Waals surface area (Å²) in [5.41, 5.74) is 1.61. The van der Waals surface area contributed by atoms with E-state index >= 15 is 0 Å². The zero-order chi connectivity index (χ0) is 17.6. The zero-order valence-corrected chi connectivity index (χ0v) is 14.2. The molecule has 1 rings (SSSR count). The highest BCUT2D eigenvalue weighted by Crippen LogP contribution is 2.22. The minimum absolute atomic E-state index is 0.00999. The second-order valence-electron chi connectivity index (χ2n) is 6.32. The molecule has 0 bridgehead atoms. The Morgan fingerprint density at radius 2 is 1.70 bits per heavy atom. The number of ether oxygens (including phenoxy) is 1. The average Bonchev–Trinajstić information content (AvgIpc) is 2.51. The summed E-state index contributed by atoms with van der Waals surface area (Å²) in [7, 11) is 1.24. The van der Waals surface area contributed by atoms with Gasteiger partial charge in [0.1, 0.15) is 12.6 Å². The molecule has 0 spiro atoms. The molecule has 0 aromatic heterocycles. The largest absolute Gasteiger partial charge is 0.468 e. The SMILES string of the molecule is COC(=O)CNC(=O)C(C)NC(=O)c1ccc(C(C)(C)C)cc1. The van der Waals surface area contributed by atoms with Crippen LogP contribution in [0.3, 0.4) is 0 Å². The monoisotopic (exact) mass is 320 g/mol. The van der Waals surface area contributed by atoms with Crippen molar-refractivity contribution in [2.75, 3.05) is 13.7 Å². The molecule has 6 heteroatoms. The quantitative estimate of drug-likeness (QED) is 0.803. The molecule has 6 nitrogen and oxygen atoms in total. The molecule has 0 aliphatic heterocycles. The molecule has 1 unspecified atom stereocenters. The van der Waals surface area contributed by atoms with E-state index < -0.39 is 17.9 Å². The molecule has 1 atom stereocenters. The van der Waals surface area contributed by atoms with Crippen LogP contribution in [0.5, 0.6) is 0 Å². The van der Waals surface area contributed by atoms with Crippen molar-refractivity contribution in [2.24, 2.45) is 0 Å². The number of hydrogen-bond donors (Lipinski definition) is 2. The summed E-state index contributed by atoms with van der Waals surface area (Å²) in [5, 5.41) is 4.98. The molecule has 0 aliphatic rings. The van der Waals surface area contributed by atoms with E-state index in [1.54, 1.807) is 19.1 Å². The van der Waals surface area contributed by atoms with Gasteiger partial charge in [-0.05, 0) is 30.0 Å². The number of hydrogen-bond acceptors (Lipinski definition) is 4. The molecule has 0 saturated heterocycles. The third-order valence-corrected chi connectivity index (χ3v) is 3.39. The number of nitrogens with one attached hydrogen (secondary N) is 2. The second kappa shape index (κ2) is 7.76. The van der Waals surface area contributed by atoms with Gasteiger partial charge in [-0.15, -0.1) is 0 Å². The number of methoxy groups -OCH3 is 1. The predicted octanol–water partition coefficient (Wildman–Crippen LogP) is 1.39. The van der Waals surface area contributed by atoms with Crippen LogP contribution in [0, 0.1) is 0 Å². The number of amides is 2. The first-order valence-electron chi connectivity index (χ1n) is 7.41. The van der Waals surface area contributed by atoms with E-state index in [2.05, 4.69) is 36.1 Å². The van der Waals surface area contributed by atoms with E-state index in [-0.39, 0.29) is 17.9 Å². The third-order valence-electron chi connectivity index (χ3n) is 3.39. The number of esters is 1. The van der Waals surface area contributed by atoms with E-state index in [9.17, 15) is 14.4 Å². The van der Waals surface area contributed by atoms with E-state index in [0.29, 0.717) is 5.56 Å². The van der Waals surface area contributed by atoms with Crippen LogP contribution in [-0.2, 0) is 19.7 Å². The Labute approximate surface area is 136 Å². The van der Waals surface area contributed by atoms with Gasteiger partial charge in [0, 0.05) is 5.56 Å². The van der Waals surface area contributed by atoms with Crippen LogP contribution in [0.1, 0.15) is 43.6 Å². The first-order valence-corrected chi connectivity index (χ1v) is 7.41. The zero-order valence-electron chi connectivity index (χ0n) is 14.2. The molecule has 126 valence electrons. The second-order valence-corrected chi connectivity index (χ2v) is 6.32. The lowest BCUT2D eigenvalue weighted by Gasteiger charge is -2.19.